The predicted molar refractivity (Wildman–Crippen MR) is 116 cm³/mol. The average Bonchev–Trinajstić information content (AvgIpc) is 2.84. The lowest BCUT2D eigenvalue weighted by Crippen LogP contribution is -2.59. The molecule has 0 amide bonds. The number of methoxy groups -OCH3 is 2. The van der Waals surface area contributed by atoms with Crippen LogP contribution < -0.4 is 9.47 Å². The quantitative estimate of drug-likeness (QED) is 0.314. The van der Waals surface area contributed by atoms with Gasteiger partial charge in [-0.2, -0.15) is 0 Å². The van der Waals surface area contributed by atoms with Gasteiger partial charge in [-0.25, -0.2) is 4.79 Å². The molecular formula is C23H28O11. The van der Waals surface area contributed by atoms with Gasteiger partial charge in [-0.1, -0.05) is 12.1 Å². The number of rotatable bonds is 9. The summed E-state index contributed by atoms with van der Waals surface area (Å²) in [5.74, 6) is -0.967. The summed E-state index contributed by atoms with van der Waals surface area (Å²) in [6, 6.07) is 9.00. The van der Waals surface area contributed by atoms with Gasteiger partial charge in [0.2, 0.25) is 5.75 Å². The fraction of sp³-hybridized carbons (Fsp3) is 0.435. The Morgan fingerprint density at radius 1 is 0.941 bits per heavy atom. The van der Waals surface area contributed by atoms with Crippen LogP contribution >= 0.6 is 0 Å². The molecule has 1 aliphatic heterocycles. The zero-order valence-electron chi connectivity index (χ0n) is 18.7. The maximum absolute atomic E-state index is 12.5. The van der Waals surface area contributed by atoms with E-state index in [2.05, 4.69) is 0 Å². The van der Waals surface area contributed by atoms with Crippen LogP contribution in [0.5, 0.6) is 23.0 Å². The highest BCUT2D eigenvalue weighted by Crippen LogP contribution is 2.37. The number of phenols is 2. The van der Waals surface area contributed by atoms with Crippen LogP contribution in [0.3, 0.4) is 0 Å². The molecule has 11 heteroatoms. The second-order valence-corrected chi connectivity index (χ2v) is 7.63. The first-order valence-corrected chi connectivity index (χ1v) is 10.5. The minimum Gasteiger partial charge on any atom is -0.508 e. The monoisotopic (exact) mass is 480 g/mol. The van der Waals surface area contributed by atoms with Crippen molar-refractivity contribution in [3.05, 3.63) is 47.5 Å². The first-order valence-electron chi connectivity index (χ1n) is 10.5. The smallest absolute Gasteiger partial charge is 0.338 e. The number of benzene rings is 2. The Bertz CT molecular complexity index is 937. The van der Waals surface area contributed by atoms with Crippen LogP contribution in [0.2, 0.25) is 0 Å². The van der Waals surface area contributed by atoms with Gasteiger partial charge in [0.1, 0.15) is 36.8 Å². The number of ether oxygens (including phenoxy) is 5. The zero-order chi connectivity index (χ0) is 24.8. The Labute approximate surface area is 195 Å². The molecule has 5 atom stereocenters. The first-order chi connectivity index (χ1) is 16.2. The Hall–Kier alpha value is -3.09. The van der Waals surface area contributed by atoms with Gasteiger partial charge in [0, 0.05) is 0 Å². The average molecular weight is 480 g/mol. The van der Waals surface area contributed by atoms with Gasteiger partial charge in [0.05, 0.1) is 26.4 Å². The van der Waals surface area contributed by atoms with Gasteiger partial charge in [0.15, 0.2) is 17.8 Å². The molecule has 2 aromatic carbocycles. The fourth-order valence-corrected chi connectivity index (χ4v) is 3.40. The summed E-state index contributed by atoms with van der Waals surface area (Å²) in [5.41, 5.74) is 0.882. The van der Waals surface area contributed by atoms with E-state index in [9.17, 15) is 30.3 Å². The van der Waals surface area contributed by atoms with Gasteiger partial charge < -0.3 is 49.2 Å². The number of hydrogen-bond acceptors (Lipinski definition) is 11. The summed E-state index contributed by atoms with van der Waals surface area (Å²) in [6.07, 6.45) is -6.66. The molecule has 0 bridgehead atoms. The topological polar surface area (TPSA) is 164 Å². The normalized spacial score (nSPS) is 24.4. The van der Waals surface area contributed by atoms with Crippen molar-refractivity contribution in [2.75, 3.05) is 27.4 Å². The predicted octanol–water partition coefficient (Wildman–Crippen LogP) is 0.339. The molecule has 0 saturated carbocycles. The number of aromatic hydroxyl groups is 2. The highest BCUT2D eigenvalue weighted by molar-refractivity contribution is 5.91. The molecule has 0 radical (unpaired) electrons. The molecule has 5 unspecified atom stereocenters. The molecule has 2 aromatic rings. The second-order valence-electron chi connectivity index (χ2n) is 7.63. The van der Waals surface area contributed by atoms with E-state index in [0.29, 0.717) is 6.42 Å². The van der Waals surface area contributed by atoms with Crippen LogP contribution in [0.25, 0.3) is 0 Å². The highest BCUT2D eigenvalue weighted by Gasteiger charge is 2.44. The molecule has 1 heterocycles. The number of carbonyl (C=O) groups is 1. The number of aliphatic hydroxyl groups is 3. The molecule has 34 heavy (non-hydrogen) atoms. The van der Waals surface area contributed by atoms with Crippen LogP contribution in [0, 0.1) is 0 Å². The number of hydrogen-bond donors (Lipinski definition) is 5. The Morgan fingerprint density at radius 2 is 1.56 bits per heavy atom. The van der Waals surface area contributed by atoms with E-state index < -0.39 is 43.3 Å². The molecule has 5 N–H and O–H groups in total. The third kappa shape index (κ3) is 5.88. The number of aliphatic hydroxyl groups excluding tert-OH is 3. The highest BCUT2D eigenvalue weighted by atomic mass is 16.7. The van der Waals surface area contributed by atoms with Crippen LogP contribution in [-0.2, 0) is 20.6 Å². The van der Waals surface area contributed by atoms with Gasteiger partial charge in [-0.3, -0.25) is 0 Å². The van der Waals surface area contributed by atoms with Crippen molar-refractivity contribution in [1.29, 1.82) is 0 Å². The molecule has 186 valence electrons. The molecule has 1 fully saturated rings. The van der Waals surface area contributed by atoms with Gasteiger partial charge in [-0.05, 0) is 36.2 Å². The summed E-state index contributed by atoms with van der Waals surface area (Å²) in [7, 11) is 2.62. The Kier molecular flexibility index (Phi) is 8.53. The van der Waals surface area contributed by atoms with Crippen LogP contribution in [0.15, 0.2) is 36.4 Å². The standard InChI is InChI=1S/C23H28O11/c1-30-15-9-13(10-16(31-2)18(15)25)22(29)33-11-17-19(26)20(27)21(28)23(34-17)32-8-7-12-3-5-14(24)6-4-12/h3-6,9-10,17,19-21,23-28H,7-8,11H2,1-2H3. The van der Waals surface area contributed by atoms with E-state index in [4.69, 9.17) is 23.7 Å². The van der Waals surface area contributed by atoms with Crippen molar-refractivity contribution in [2.45, 2.75) is 37.1 Å². The van der Waals surface area contributed by atoms with E-state index in [1.807, 2.05) is 0 Å². The summed E-state index contributed by atoms with van der Waals surface area (Å²) in [4.78, 5) is 12.5. The molecule has 11 nitrogen and oxygen atoms in total. The number of esters is 1. The number of phenolic OH excluding ortho intramolecular Hbond substituents is 2. The van der Waals surface area contributed by atoms with E-state index in [0.717, 1.165) is 5.56 Å². The molecule has 0 aliphatic carbocycles. The van der Waals surface area contributed by atoms with E-state index >= 15 is 0 Å². The maximum atomic E-state index is 12.5. The Morgan fingerprint density at radius 3 is 2.15 bits per heavy atom. The molecule has 3 rings (SSSR count). The van der Waals surface area contributed by atoms with E-state index in [1.165, 1.54) is 38.5 Å². The fourth-order valence-electron chi connectivity index (χ4n) is 3.40. The number of carbonyl (C=O) groups excluding carboxylic acids is 1. The lowest BCUT2D eigenvalue weighted by molar-refractivity contribution is -0.300. The first kappa shape index (κ1) is 25.5. The maximum Gasteiger partial charge on any atom is 0.338 e. The van der Waals surface area contributed by atoms with Crippen molar-refractivity contribution in [3.63, 3.8) is 0 Å². The SMILES string of the molecule is COc1cc(C(=O)OCC2OC(OCCc3ccc(O)cc3)C(O)C(O)C2O)cc(OC)c1O. The van der Waals surface area contributed by atoms with Crippen molar-refractivity contribution in [2.24, 2.45) is 0 Å². The lowest BCUT2D eigenvalue weighted by Gasteiger charge is -2.40. The molecular weight excluding hydrogens is 452 g/mol. The minimum atomic E-state index is -1.59. The summed E-state index contributed by atoms with van der Waals surface area (Å²) in [6.45, 7) is -0.331. The summed E-state index contributed by atoms with van der Waals surface area (Å²) >= 11 is 0. The third-order valence-corrected chi connectivity index (χ3v) is 5.37. The van der Waals surface area contributed by atoms with Gasteiger partial charge in [-0.15, -0.1) is 0 Å². The molecule has 1 aliphatic rings. The van der Waals surface area contributed by atoms with Crippen LogP contribution in [-0.4, -0.2) is 89.6 Å². The van der Waals surface area contributed by atoms with Gasteiger partial charge in [0.25, 0.3) is 0 Å². The molecule has 0 aromatic heterocycles. The molecule has 0 spiro atoms. The minimum absolute atomic E-state index is 0.000822. The third-order valence-electron chi connectivity index (χ3n) is 5.37. The van der Waals surface area contributed by atoms with Crippen LogP contribution in [0.1, 0.15) is 15.9 Å². The Balaban J connectivity index is 1.60. The van der Waals surface area contributed by atoms with E-state index in [-0.39, 0.29) is 35.2 Å². The largest absolute Gasteiger partial charge is 0.508 e. The van der Waals surface area contributed by atoms with E-state index in [1.54, 1.807) is 12.1 Å². The lowest BCUT2D eigenvalue weighted by atomic mass is 9.99. The summed E-state index contributed by atoms with van der Waals surface area (Å²) < 4.78 is 26.3. The van der Waals surface area contributed by atoms with Crippen LogP contribution in [0.4, 0.5) is 0 Å². The van der Waals surface area contributed by atoms with Crippen molar-refractivity contribution in [3.8, 4) is 23.0 Å². The van der Waals surface area contributed by atoms with Gasteiger partial charge >= 0.3 is 5.97 Å². The van der Waals surface area contributed by atoms with Crippen molar-refractivity contribution in [1.82, 2.24) is 0 Å². The van der Waals surface area contributed by atoms with Crippen molar-refractivity contribution < 1.29 is 54.0 Å². The summed E-state index contributed by atoms with van der Waals surface area (Å²) in [5, 5.41) is 50.0. The van der Waals surface area contributed by atoms with Crippen molar-refractivity contribution >= 4 is 5.97 Å². The zero-order valence-corrected chi connectivity index (χ0v) is 18.7. The molecule has 1 saturated heterocycles. The second kappa shape index (κ2) is 11.4.